The van der Waals surface area contributed by atoms with E-state index >= 15 is 0 Å². The minimum atomic E-state index is -4.36. The highest BCUT2D eigenvalue weighted by Crippen LogP contribution is 2.39. The van der Waals surface area contributed by atoms with Crippen molar-refractivity contribution in [3.05, 3.63) is 27.8 Å². The Labute approximate surface area is 105 Å². The molecule has 6 nitrogen and oxygen atoms in total. The maximum absolute atomic E-state index is 12.7. The molecular formula is C8H6ClF2NO5S. The van der Waals surface area contributed by atoms with Gasteiger partial charge in [0.1, 0.15) is 0 Å². The predicted octanol–water partition coefficient (Wildman–Crippen LogP) is 2.47. The van der Waals surface area contributed by atoms with Gasteiger partial charge in [0.25, 0.3) is 15.5 Å². The normalized spacial score (nSPS) is 11.6. The maximum atomic E-state index is 12.7. The van der Waals surface area contributed by atoms with Crippen LogP contribution < -0.4 is 4.74 Å². The van der Waals surface area contributed by atoms with E-state index in [0.29, 0.717) is 12.1 Å². The van der Waals surface area contributed by atoms with Gasteiger partial charge in [-0.1, -0.05) is 0 Å². The van der Waals surface area contributed by atoms with Gasteiger partial charge < -0.3 is 4.74 Å². The molecule has 1 rings (SSSR count). The van der Waals surface area contributed by atoms with Crippen molar-refractivity contribution in [2.24, 2.45) is 0 Å². The third-order valence-corrected chi connectivity index (χ3v) is 3.32. The molecule has 0 amide bonds. The largest absolute Gasteiger partial charge is 0.490 e. The van der Waals surface area contributed by atoms with Crippen LogP contribution in [0.5, 0.6) is 5.75 Å². The Hall–Kier alpha value is -1.48. The minimum absolute atomic E-state index is 0.541. The van der Waals surface area contributed by atoms with Crippen molar-refractivity contribution in [2.75, 3.05) is 7.11 Å². The number of halogens is 3. The van der Waals surface area contributed by atoms with Crippen LogP contribution in [0.1, 0.15) is 12.0 Å². The monoisotopic (exact) mass is 301 g/mol. The lowest BCUT2D eigenvalue weighted by atomic mass is 10.2. The first kappa shape index (κ1) is 14.6. The van der Waals surface area contributed by atoms with Crippen molar-refractivity contribution in [3.8, 4) is 5.75 Å². The summed E-state index contributed by atoms with van der Waals surface area (Å²) < 4.78 is 52.0. The standard InChI is InChI=1S/C8H6ClF2NO5S/c1-17-7-5(8(10)11)2-4(18(9,15)16)3-6(7)12(13)14/h2-3,8H,1H3. The van der Waals surface area contributed by atoms with Crippen LogP contribution in [0.4, 0.5) is 14.5 Å². The first-order valence-electron chi connectivity index (χ1n) is 4.27. The molecule has 0 N–H and O–H groups in total. The molecule has 0 saturated heterocycles. The highest BCUT2D eigenvalue weighted by molar-refractivity contribution is 8.13. The molecule has 0 spiro atoms. The molecule has 1 aromatic carbocycles. The van der Waals surface area contributed by atoms with Crippen LogP contribution in [0.15, 0.2) is 17.0 Å². The number of hydrogen-bond acceptors (Lipinski definition) is 5. The van der Waals surface area contributed by atoms with Crippen molar-refractivity contribution in [2.45, 2.75) is 11.3 Å². The van der Waals surface area contributed by atoms with Gasteiger partial charge >= 0.3 is 5.69 Å². The molecule has 0 saturated carbocycles. The molecule has 0 aliphatic rings. The van der Waals surface area contributed by atoms with Crippen LogP contribution in [0, 0.1) is 10.1 Å². The zero-order chi connectivity index (χ0) is 14.1. The highest BCUT2D eigenvalue weighted by Gasteiger charge is 2.28. The third-order valence-electron chi connectivity index (χ3n) is 1.99. The van der Waals surface area contributed by atoms with E-state index in [1.807, 2.05) is 0 Å². The summed E-state index contributed by atoms with van der Waals surface area (Å²) in [4.78, 5) is 8.86. The third kappa shape index (κ3) is 2.85. The van der Waals surface area contributed by atoms with Crippen LogP contribution in [0.3, 0.4) is 0 Å². The van der Waals surface area contributed by atoms with Crippen molar-refractivity contribution in [1.29, 1.82) is 0 Å². The van der Waals surface area contributed by atoms with E-state index in [4.69, 9.17) is 10.7 Å². The molecule has 0 atom stereocenters. The van der Waals surface area contributed by atoms with Gasteiger partial charge in [-0.3, -0.25) is 10.1 Å². The Morgan fingerprint density at radius 3 is 2.33 bits per heavy atom. The number of nitro groups is 1. The van der Waals surface area contributed by atoms with E-state index in [-0.39, 0.29) is 0 Å². The molecule has 0 aliphatic heterocycles. The second kappa shape index (κ2) is 5.02. The summed E-state index contributed by atoms with van der Waals surface area (Å²) in [6.07, 6.45) is -3.14. The molecule has 0 heterocycles. The summed E-state index contributed by atoms with van der Waals surface area (Å²) in [5, 5.41) is 10.7. The lowest BCUT2D eigenvalue weighted by Gasteiger charge is -2.09. The van der Waals surface area contributed by atoms with E-state index in [2.05, 4.69) is 4.74 Å². The van der Waals surface area contributed by atoms with Crippen LogP contribution in [-0.4, -0.2) is 20.5 Å². The Bertz CT molecular complexity index is 589. The van der Waals surface area contributed by atoms with Crippen molar-refractivity contribution < 1.29 is 26.9 Å². The molecule has 0 aromatic heterocycles. The van der Waals surface area contributed by atoms with Gasteiger partial charge in [0.05, 0.1) is 22.5 Å². The first-order chi connectivity index (χ1) is 8.18. The van der Waals surface area contributed by atoms with Gasteiger partial charge in [0.15, 0.2) is 0 Å². The minimum Gasteiger partial charge on any atom is -0.490 e. The lowest BCUT2D eigenvalue weighted by Crippen LogP contribution is -2.02. The molecule has 18 heavy (non-hydrogen) atoms. The van der Waals surface area contributed by atoms with Crippen LogP contribution in [-0.2, 0) is 9.05 Å². The Morgan fingerprint density at radius 2 is 2.00 bits per heavy atom. The number of benzene rings is 1. The fourth-order valence-electron chi connectivity index (χ4n) is 1.27. The molecule has 0 fully saturated rings. The average molecular weight is 302 g/mol. The van der Waals surface area contributed by atoms with E-state index in [1.165, 1.54) is 0 Å². The topological polar surface area (TPSA) is 86.5 Å². The van der Waals surface area contributed by atoms with E-state index in [9.17, 15) is 27.3 Å². The number of rotatable bonds is 4. The van der Waals surface area contributed by atoms with Gasteiger partial charge in [0.2, 0.25) is 5.75 Å². The van der Waals surface area contributed by atoms with E-state index < -0.39 is 42.3 Å². The summed E-state index contributed by atoms with van der Waals surface area (Å²) in [6, 6.07) is 1.10. The second-order valence-corrected chi connectivity index (χ2v) is 5.63. The average Bonchev–Trinajstić information content (AvgIpc) is 2.25. The van der Waals surface area contributed by atoms with Gasteiger partial charge in [-0.05, 0) is 6.07 Å². The second-order valence-electron chi connectivity index (χ2n) is 3.06. The van der Waals surface area contributed by atoms with E-state index in [0.717, 1.165) is 7.11 Å². The Balaban J connectivity index is 3.70. The quantitative estimate of drug-likeness (QED) is 0.484. The zero-order valence-corrected chi connectivity index (χ0v) is 10.3. The van der Waals surface area contributed by atoms with E-state index in [1.54, 1.807) is 0 Å². The summed E-state index contributed by atoms with van der Waals surface area (Å²) in [5.41, 5.74) is -1.81. The zero-order valence-electron chi connectivity index (χ0n) is 8.76. The number of nitrogens with zero attached hydrogens (tertiary/aromatic N) is 1. The van der Waals surface area contributed by atoms with Crippen molar-refractivity contribution in [1.82, 2.24) is 0 Å². The van der Waals surface area contributed by atoms with Crippen LogP contribution in [0.2, 0.25) is 0 Å². The molecule has 0 radical (unpaired) electrons. The summed E-state index contributed by atoms with van der Waals surface area (Å²) in [5.74, 6) is -0.695. The van der Waals surface area contributed by atoms with Gasteiger partial charge in [-0.2, -0.15) is 0 Å². The fourth-order valence-corrected chi connectivity index (χ4v) is 2.06. The summed E-state index contributed by atoms with van der Waals surface area (Å²) in [6.45, 7) is 0. The Kier molecular flexibility index (Phi) is 4.07. The number of alkyl halides is 2. The molecular weight excluding hydrogens is 296 g/mol. The van der Waals surface area contributed by atoms with Gasteiger partial charge in [-0.25, -0.2) is 17.2 Å². The predicted molar refractivity (Wildman–Crippen MR) is 57.6 cm³/mol. The van der Waals surface area contributed by atoms with Crippen molar-refractivity contribution >= 4 is 25.4 Å². The maximum Gasteiger partial charge on any atom is 0.312 e. The SMILES string of the molecule is COc1c(C(F)F)cc(S(=O)(=O)Cl)cc1[N+](=O)[O-]. The van der Waals surface area contributed by atoms with Crippen molar-refractivity contribution in [3.63, 3.8) is 0 Å². The molecule has 0 unspecified atom stereocenters. The smallest absolute Gasteiger partial charge is 0.312 e. The highest BCUT2D eigenvalue weighted by atomic mass is 35.7. The summed E-state index contributed by atoms with van der Waals surface area (Å²) >= 11 is 0. The summed E-state index contributed by atoms with van der Waals surface area (Å²) in [7, 11) is 1.57. The number of hydrogen-bond donors (Lipinski definition) is 0. The molecule has 0 bridgehead atoms. The van der Waals surface area contributed by atoms with Gasteiger partial charge in [-0.15, -0.1) is 0 Å². The molecule has 1 aromatic rings. The number of ether oxygens (including phenoxy) is 1. The fraction of sp³-hybridized carbons (Fsp3) is 0.250. The first-order valence-corrected chi connectivity index (χ1v) is 6.58. The molecule has 10 heteroatoms. The van der Waals surface area contributed by atoms with Crippen LogP contribution >= 0.6 is 10.7 Å². The molecule has 100 valence electrons. The lowest BCUT2D eigenvalue weighted by molar-refractivity contribution is -0.386. The van der Waals surface area contributed by atoms with Gasteiger partial charge in [0, 0.05) is 16.7 Å². The number of methoxy groups -OCH3 is 1. The molecule has 0 aliphatic carbocycles. The number of nitro benzene ring substituents is 1. The Morgan fingerprint density at radius 1 is 1.44 bits per heavy atom. The van der Waals surface area contributed by atoms with Crippen LogP contribution in [0.25, 0.3) is 0 Å².